The first kappa shape index (κ1) is 20.9. The molecule has 0 unspecified atom stereocenters. The van der Waals surface area contributed by atoms with Crippen molar-refractivity contribution in [1.29, 1.82) is 0 Å². The number of nitrogens with zero attached hydrogens (tertiary/aromatic N) is 1. The van der Waals surface area contributed by atoms with Gasteiger partial charge in [0, 0.05) is 23.6 Å². The van der Waals surface area contributed by atoms with E-state index in [1.807, 2.05) is 51.1 Å². The number of sulfone groups is 1. The summed E-state index contributed by atoms with van der Waals surface area (Å²) in [4.78, 5) is 13.0. The van der Waals surface area contributed by atoms with Gasteiger partial charge in [0.2, 0.25) is 0 Å². The zero-order chi connectivity index (χ0) is 21.0. The molecular weight excluding hydrogens is 384 g/mol. The summed E-state index contributed by atoms with van der Waals surface area (Å²) >= 11 is 0. The Morgan fingerprint density at radius 3 is 2.31 bits per heavy atom. The Morgan fingerprint density at radius 1 is 0.966 bits per heavy atom. The molecule has 2 aromatic carbocycles. The van der Waals surface area contributed by atoms with E-state index in [0.717, 1.165) is 22.6 Å². The van der Waals surface area contributed by atoms with Crippen LogP contribution in [0.5, 0.6) is 0 Å². The number of amides is 1. The van der Waals surface area contributed by atoms with Gasteiger partial charge >= 0.3 is 0 Å². The minimum absolute atomic E-state index is 0.000471. The zero-order valence-electron chi connectivity index (χ0n) is 17.0. The molecule has 0 saturated carbocycles. The summed E-state index contributed by atoms with van der Waals surface area (Å²) in [5.41, 5.74) is 4.64. The molecule has 0 aliphatic heterocycles. The van der Waals surface area contributed by atoms with Gasteiger partial charge in [0.05, 0.1) is 16.2 Å². The van der Waals surface area contributed by atoms with Crippen LogP contribution < -0.4 is 5.32 Å². The topological polar surface area (TPSA) is 68.2 Å². The fourth-order valence-corrected chi connectivity index (χ4v) is 4.81. The van der Waals surface area contributed by atoms with Crippen molar-refractivity contribution in [3.8, 4) is 5.69 Å². The van der Waals surface area contributed by atoms with Crippen LogP contribution in [0.15, 0.2) is 65.6 Å². The summed E-state index contributed by atoms with van der Waals surface area (Å²) in [6, 6.07) is 18.3. The molecule has 0 radical (unpaired) electrons. The molecule has 3 aromatic rings. The lowest BCUT2D eigenvalue weighted by Gasteiger charge is -2.13. The number of benzene rings is 2. The van der Waals surface area contributed by atoms with E-state index in [-0.39, 0.29) is 11.7 Å². The van der Waals surface area contributed by atoms with Gasteiger partial charge in [0.1, 0.15) is 0 Å². The molecule has 0 bridgehead atoms. The van der Waals surface area contributed by atoms with Gasteiger partial charge in [0.25, 0.3) is 5.91 Å². The third-order valence-corrected chi connectivity index (χ3v) is 6.83. The van der Waals surface area contributed by atoms with E-state index in [2.05, 4.69) is 9.88 Å². The fourth-order valence-electron chi connectivity index (χ4n) is 3.48. The molecule has 0 fully saturated rings. The molecule has 29 heavy (non-hydrogen) atoms. The highest BCUT2D eigenvalue weighted by Crippen LogP contribution is 2.23. The maximum absolute atomic E-state index is 12.7. The van der Waals surface area contributed by atoms with Crippen LogP contribution in [0.4, 0.5) is 0 Å². The van der Waals surface area contributed by atoms with Crippen molar-refractivity contribution in [3.05, 3.63) is 83.2 Å². The predicted molar refractivity (Wildman–Crippen MR) is 115 cm³/mol. The molecule has 1 aromatic heterocycles. The molecule has 3 rings (SSSR count). The predicted octanol–water partition coefficient (Wildman–Crippen LogP) is 4.00. The molecule has 152 valence electrons. The molecule has 1 N–H and O–H groups in total. The highest BCUT2D eigenvalue weighted by atomic mass is 32.2. The lowest BCUT2D eigenvalue weighted by molar-refractivity contribution is 0.0953. The first-order valence-electron chi connectivity index (χ1n) is 9.62. The molecule has 6 heteroatoms. The van der Waals surface area contributed by atoms with Gasteiger partial charge in [0.15, 0.2) is 9.84 Å². The second-order valence-electron chi connectivity index (χ2n) is 7.15. The minimum atomic E-state index is -3.33. The molecule has 5 nitrogen and oxygen atoms in total. The molecule has 1 amide bonds. The summed E-state index contributed by atoms with van der Waals surface area (Å²) in [5.74, 6) is -0.186. The van der Waals surface area contributed by atoms with Crippen molar-refractivity contribution in [3.63, 3.8) is 0 Å². The van der Waals surface area contributed by atoms with Crippen LogP contribution >= 0.6 is 0 Å². The summed E-state index contributed by atoms with van der Waals surface area (Å²) < 4.78 is 26.7. The largest absolute Gasteiger partial charge is 0.352 e. The van der Waals surface area contributed by atoms with E-state index >= 15 is 0 Å². The summed E-state index contributed by atoms with van der Waals surface area (Å²) in [7, 11) is -3.33. The Labute approximate surface area is 172 Å². The number of aryl methyl sites for hydroxylation is 2. The van der Waals surface area contributed by atoms with Crippen molar-refractivity contribution >= 4 is 15.7 Å². The number of carbonyl (C=O) groups excluding carboxylic acids is 1. The lowest BCUT2D eigenvalue weighted by atomic mass is 10.2. The van der Waals surface area contributed by atoms with Crippen molar-refractivity contribution < 1.29 is 13.2 Å². The smallest absolute Gasteiger partial charge is 0.253 e. The average molecular weight is 411 g/mol. The van der Waals surface area contributed by atoms with E-state index in [0.29, 0.717) is 23.4 Å². The number of rotatable bonds is 7. The number of hydrogen-bond donors (Lipinski definition) is 1. The van der Waals surface area contributed by atoms with Crippen molar-refractivity contribution in [1.82, 2.24) is 9.88 Å². The first-order valence-corrected chi connectivity index (χ1v) is 11.3. The van der Waals surface area contributed by atoms with Crippen LogP contribution in [0.1, 0.15) is 33.7 Å². The van der Waals surface area contributed by atoms with Gasteiger partial charge in [-0.05, 0) is 57.0 Å². The van der Waals surface area contributed by atoms with Crippen LogP contribution in [-0.4, -0.2) is 31.2 Å². The number of carbonyl (C=O) groups is 1. The molecule has 0 aliphatic rings. The van der Waals surface area contributed by atoms with Crippen LogP contribution in [0.25, 0.3) is 5.69 Å². The van der Waals surface area contributed by atoms with Crippen molar-refractivity contribution in [2.75, 3.05) is 12.3 Å². The van der Waals surface area contributed by atoms with Crippen LogP contribution in [0.3, 0.4) is 0 Å². The Bertz CT molecular complexity index is 1120. The Balaban J connectivity index is 1.65. The van der Waals surface area contributed by atoms with Gasteiger partial charge in [-0.15, -0.1) is 0 Å². The van der Waals surface area contributed by atoms with Gasteiger partial charge in [-0.2, -0.15) is 0 Å². The van der Waals surface area contributed by atoms with E-state index < -0.39 is 9.84 Å². The summed E-state index contributed by atoms with van der Waals surface area (Å²) in [5, 5.41) is 2.85. The quantitative estimate of drug-likeness (QED) is 0.599. The Hall–Kier alpha value is -2.86. The second-order valence-corrected chi connectivity index (χ2v) is 9.26. The molecule has 0 aliphatic carbocycles. The molecule has 0 saturated heterocycles. The average Bonchev–Trinajstić information content (AvgIpc) is 3.00. The fraction of sp³-hybridized carbons (Fsp3) is 0.261. The van der Waals surface area contributed by atoms with E-state index in [9.17, 15) is 13.2 Å². The first-order chi connectivity index (χ1) is 13.8. The lowest BCUT2D eigenvalue weighted by Crippen LogP contribution is -2.26. The van der Waals surface area contributed by atoms with Crippen molar-refractivity contribution in [2.24, 2.45) is 0 Å². The Kier molecular flexibility index (Phi) is 6.23. The number of aromatic nitrogens is 1. The monoisotopic (exact) mass is 410 g/mol. The maximum Gasteiger partial charge on any atom is 0.253 e. The number of hydrogen-bond acceptors (Lipinski definition) is 3. The highest BCUT2D eigenvalue weighted by Gasteiger charge is 2.18. The SMILES string of the molecule is Cc1ccccc1-n1c(C)cc(C(=O)NCCCS(=O)(=O)c2ccccc2)c1C. The minimum Gasteiger partial charge on any atom is -0.352 e. The second kappa shape index (κ2) is 8.66. The third-order valence-electron chi connectivity index (χ3n) is 5.01. The van der Waals surface area contributed by atoms with Crippen LogP contribution in [0.2, 0.25) is 0 Å². The van der Waals surface area contributed by atoms with Crippen LogP contribution in [-0.2, 0) is 9.84 Å². The molecule has 1 heterocycles. The van der Waals surface area contributed by atoms with Crippen LogP contribution in [0, 0.1) is 20.8 Å². The standard InChI is InChI=1S/C23H26N2O3S/c1-17-10-7-8-13-22(17)25-18(2)16-21(19(25)3)23(26)24-14-9-15-29(27,28)20-11-5-4-6-12-20/h4-8,10-13,16H,9,14-15H2,1-3H3,(H,24,26). The number of nitrogens with one attached hydrogen (secondary N) is 1. The van der Waals surface area contributed by atoms with E-state index in [1.165, 1.54) is 0 Å². The summed E-state index contributed by atoms with van der Waals surface area (Å²) in [6.45, 7) is 6.25. The Morgan fingerprint density at radius 2 is 1.62 bits per heavy atom. The van der Waals surface area contributed by atoms with Gasteiger partial charge in [-0.1, -0.05) is 36.4 Å². The molecular formula is C23H26N2O3S. The van der Waals surface area contributed by atoms with Crippen molar-refractivity contribution in [2.45, 2.75) is 32.1 Å². The maximum atomic E-state index is 12.7. The van der Waals surface area contributed by atoms with E-state index in [4.69, 9.17) is 0 Å². The number of para-hydroxylation sites is 1. The summed E-state index contributed by atoms with van der Waals surface area (Å²) in [6.07, 6.45) is 0.361. The van der Waals surface area contributed by atoms with E-state index in [1.54, 1.807) is 30.3 Å². The molecule has 0 spiro atoms. The van der Waals surface area contributed by atoms with Gasteiger partial charge < -0.3 is 9.88 Å². The zero-order valence-corrected chi connectivity index (χ0v) is 17.8. The van der Waals surface area contributed by atoms with Gasteiger partial charge in [-0.25, -0.2) is 8.42 Å². The highest BCUT2D eigenvalue weighted by molar-refractivity contribution is 7.91. The van der Waals surface area contributed by atoms with Gasteiger partial charge in [-0.3, -0.25) is 4.79 Å². The normalized spacial score (nSPS) is 11.4. The molecule has 0 atom stereocenters. The third kappa shape index (κ3) is 4.59.